The van der Waals surface area contributed by atoms with E-state index in [4.69, 9.17) is 5.26 Å². The third-order valence-corrected chi connectivity index (χ3v) is 2.96. The van der Waals surface area contributed by atoms with Gasteiger partial charge in [0.25, 0.3) is 0 Å². The lowest BCUT2D eigenvalue weighted by molar-refractivity contribution is 1.15. The molecule has 0 fully saturated rings. The maximum Gasteiger partial charge on any atom is 0.197 e. The highest BCUT2D eigenvalue weighted by Gasteiger charge is 2.02. The summed E-state index contributed by atoms with van der Waals surface area (Å²) in [6, 6.07) is 6.18. The topological polar surface area (TPSA) is 48.7 Å². The minimum absolute atomic E-state index is 0.663. The molecule has 0 amide bonds. The summed E-state index contributed by atoms with van der Waals surface area (Å²) < 4.78 is 1.13. The largest absolute Gasteiger partial charge is 0.268 e. The van der Waals surface area contributed by atoms with Crippen LogP contribution in [0.2, 0.25) is 0 Å². The van der Waals surface area contributed by atoms with Crippen molar-refractivity contribution >= 4 is 26.7 Å². The van der Waals surface area contributed by atoms with Crippen molar-refractivity contribution in [1.29, 1.82) is 5.26 Å². The Hall–Kier alpha value is -1.60. The molecule has 0 saturated heterocycles. The van der Waals surface area contributed by atoms with E-state index in [-0.39, 0.29) is 0 Å². The Morgan fingerprint density at radius 1 is 1.57 bits per heavy atom. The summed E-state index contributed by atoms with van der Waals surface area (Å²) in [6.45, 7) is 2.12. The zero-order valence-electron chi connectivity index (χ0n) is 7.74. The number of fused-ring (bicyclic) bond motifs is 1. The number of anilines is 1. The van der Waals surface area contributed by atoms with Crippen molar-refractivity contribution in [3.05, 3.63) is 23.8 Å². The van der Waals surface area contributed by atoms with E-state index in [1.165, 1.54) is 16.9 Å². The Morgan fingerprint density at radius 2 is 2.43 bits per heavy atom. The molecule has 1 N–H and O–H groups in total. The van der Waals surface area contributed by atoms with E-state index in [0.29, 0.717) is 5.13 Å². The number of nitrogens with zero attached hydrogens (tertiary/aromatic N) is 2. The van der Waals surface area contributed by atoms with Gasteiger partial charge in [-0.3, -0.25) is 5.32 Å². The number of nitrogens with one attached hydrogen (secondary N) is 1. The summed E-state index contributed by atoms with van der Waals surface area (Å²) in [6.07, 6.45) is 2.89. The van der Waals surface area contributed by atoms with Gasteiger partial charge in [0.2, 0.25) is 0 Å². The molecular formula is C10H9N3S. The summed E-state index contributed by atoms with van der Waals surface area (Å²) in [5.74, 6) is 0. The monoisotopic (exact) mass is 203 g/mol. The predicted molar refractivity (Wildman–Crippen MR) is 58.2 cm³/mol. The first-order valence-corrected chi connectivity index (χ1v) is 5.19. The molecular weight excluding hydrogens is 194 g/mol. The Labute approximate surface area is 86.0 Å². The fraction of sp³-hybridized carbons (Fsp3) is 0.200. The summed E-state index contributed by atoms with van der Waals surface area (Å²) in [5.41, 5.74) is 2.25. The first-order chi connectivity index (χ1) is 6.83. The number of benzene rings is 1. The SMILES string of the molecule is CCc1ccc2nc(NC#N)sc2c1. The maximum absolute atomic E-state index is 8.45. The number of aromatic nitrogens is 1. The normalized spacial score (nSPS) is 10.0. The van der Waals surface area contributed by atoms with Crippen molar-refractivity contribution in [2.45, 2.75) is 13.3 Å². The van der Waals surface area contributed by atoms with Crippen LogP contribution in [0.3, 0.4) is 0 Å². The molecule has 0 radical (unpaired) electrons. The Kier molecular flexibility index (Phi) is 2.33. The van der Waals surface area contributed by atoms with Gasteiger partial charge in [-0.05, 0) is 24.1 Å². The molecule has 0 unspecified atom stereocenters. The second kappa shape index (κ2) is 3.64. The third-order valence-electron chi connectivity index (χ3n) is 2.02. The minimum Gasteiger partial charge on any atom is -0.268 e. The molecule has 3 nitrogen and oxygen atoms in total. The van der Waals surface area contributed by atoms with Crippen LogP contribution in [0.1, 0.15) is 12.5 Å². The minimum atomic E-state index is 0.663. The highest BCUT2D eigenvalue weighted by molar-refractivity contribution is 7.22. The average molecular weight is 203 g/mol. The van der Waals surface area contributed by atoms with E-state index < -0.39 is 0 Å². The summed E-state index contributed by atoms with van der Waals surface area (Å²) in [7, 11) is 0. The van der Waals surface area contributed by atoms with Crippen LogP contribution >= 0.6 is 11.3 Å². The van der Waals surface area contributed by atoms with E-state index in [2.05, 4.69) is 29.4 Å². The van der Waals surface area contributed by atoms with E-state index in [0.717, 1.165) is 16.6 Å². The van der Waals surface area contributed by atoms with Gasteiger partial charge in [-0.2, -0.15) is 5.26 Å². The maximum atomic E-state index is 8.45. The van der Waals surface area contributed by atoms with Crippen molar-refractivity contribution in [2.24, 2.45) is 0 Å². The standard InChI is InChI=1S/C10H9N3S/c1-2-7-3-4-8-9(5-7)14-10(13-8)12-6-11/h3-5H,2H2,1H3,(H,12,13). The zero-order chi connectivity index (χ0) is 9.97. The molecule has 4 heteroatoms. The van der Waals surface area contributed by atoms with E-state index in [1.807, 2.05) is 12.3 Å². The number of nitriles is 1. The molecule has 0 spiro atoms. The first kappa shape index (κ1) is 8.97. The van der Waals surface area contributed by atoms with Crippen molar-refractivity contribution in [3.8, 4) is 6.19 Å². The van der Waals surface area contributed by atoms with Crippen LogP contribution < -0.4 is 5.32 Å². The van der Waals surface area contributed by atoms with Gasteiger partial charge in [-0.1, -0.05) is 24.3 Å². The molecule has 0 aliphatic rings. The molecule has 0 atom stereocenters. The second-order valence-corrected chi connectivity index (χ2v) is 3.94. The lowest BCUT2D eigenvalue weighted by Gasteiger charge is -1.93. The Bertz CT molecular complexity index is 496. The van der Waals surface area contributed by atoms with Gasteiger partial charge >= 0.3 is 0 Å². The Morgan fingerprint density at radius 3 is 3.14 bits per heavy atom. The van der Waals surface area contributed by atoms with Gasteiger partial charge in [0.05, 0.1) is 10.2 Å². The summed E-state index contributed by atoms with van der Waals surface area (Å²) in [4.78, 5) is 4.26. The first-order valence-electron chi connectivity index (χ1n) is 4.38. The van der Waals surface area contributed by atoms with Gasteiger partial charge < -0.3 is 0 Å². The third kappa shape index (κ3) is 1.54. The van der Waals surface area contributed by atoms with Crippen LogP contribution in [0.25, 0.3) is 10.2 Å². The fourth-order valence-corrected chi connectivity index (χ4v) is 2.17. The van der Waals surface area contributed by atoms with Gasteiger partial charge in [-0.15, -0.1) is 0 Å². The van der Waals surface area contributed by atoms with Crippen LogP contribution in [-0.2, 0) is 6.42 Å². The second-order valence-electron chi connectivity index (χ2n) is 2.91. The summed E-state index contributed by atoms with van der Waals surface area (Å²) >= 11 is 1.51. The average Bonchev–Trinajstić information content (AvgIpc) is 2.59. The van der Waals surface area contributed by atoms with E-state index in [9.17, 15) is 0 Å². The number of rotatable bonds is 2. The molecule has 70 valence electrons. The molecule has 14 heavy (non-hydrogen) atoms. The molecule has 1 heterocycles. The highest BCUT2D eigenvalue weighted by Crippen LogP contribution is 2.26. The lowest BCUT2D eigenvalue weighted by atomic mass is 10.2. The number of hydrogen-bond donors (Lipinski definition) is 1. The van der Waals surface area contributed by atoms with Crippen molar-refractivity contribution in [3.63, 3.8) is 0 Å². The number of hydrogen-bond acceptors (Lipinski definition) is 4. The molecule has 0 saturated carbocycles. The molecule has 2 aromatic rings. The smallest absolute Gasteiger partial charge is 0.197 e. The molecule has 0 aliphatic carbocycles. The lowest BCUT2D eigenvalue weighted by Crippen LogP contribution is -1.83. The van der Waals surface area contributed by atoms with Crippen LogP contribution in [0.15, 0.2) is 18.2 Å². The molecule has 0 bridgehead atoms. The summed E-state index contributed by atoms with van der Waals surface area (Å²) in [5, 5.41) is 11.7. The van der Waals surface area contributed by atoms with Gasteiger partial charge in [0.15, 0.2) is 11.3 Å². The quantitative estimate of drug-likeness (QED) is 0.603. The van der Waals surface area contributed by atoms with Gasteiger partial charge in [-0.25, -0.2) is 4.98 Å². The van der Waals surface area contributed by atoms with Crippen LogP contribution in [0.4, 0.5) is 5.13 Å². The number of aryl methyl sites for hydroxylation is 1. The van der Waals surface area contributed by atoms with Crippen molar-refractivity contribution in [1.82, 2.24) is 4.98 Å². The van der Waals surface area contributed by atoms with Crippen molar-refractivity contribution in [2.75, 3.05) is 5.32 Å². The predicted octanol–water partition coefficient (Wildman–Crippen LogP) is 2.75. The Balaban J connectivity index is 2.50. The van der Waals surface area contributed by atoms with E-state index >= 15 is 0 Å². The number of thiazole rings is 1. The fourth-order valence-electron chi connectivity index (χ4n) is 1.29. The van der Waals surface area contributed by atoms with Crippen LogP contribution in [0.5, 0.6) is 0 Å². The highest BCUT2D eigenvalue weighted by atomic mass is 32.1. The molecule has 1 aromatic heterocycles. The van der Waals surface area contributed by atoms with Crippen LogP contribution in [-0.4, -0.2) is 4.98 Å². The van der Waals surface area contributed by atoms with Crippen molar-refractivity contribution < 1.29 is 0 Å². The van der Waals surface area contributed by atoms with Gasteiger partial charge in [0, 0.05) is 0 Å². The zero-order valence-corrected chi connectivity index (χ0v) is 8.56. The molecule has 1 aromatic carbocycles. The van der Waals surface area contributed by atoms with Crippen LogP contribution in [0, 0.1) is 11.5 Å². The van der Waals surface area contributed by atoms with E-state index in [1.54, 1.807) is 0 Å². The van der Waals surface area contributed by atoms with Gasteiger partial charge in [0.1, 0.15) is 0 Å². The molecule has 2 rings (SSSR count). The molecule has 0 aliphatic heterocycles.